The van der Waals surface area contributed by atoms with Crippen LogP contribution in [-0.4, -0.2) is 43.5 Å². The largest absolute Gasteiger partial charge is 0.350 e. The lowest BCUT2D eigenvalue weighted by Gasteiger charge is -2.34. The maximum atomic E-state index is 12.3. The van der Waals surface area contributed by atoms with E-state index in [2.05, 4.69) is 5.32 Å². The average molecular weight is 311 g/mol. The van der Waals surface area contributed by atoms with Gasteiger partial charge in [-0.2, -0.15) is 0 Å². The first-order valence-corrected chi connectivity index (χ1v) is 7.65. The monoisotopic (exact) mass is 310 g/mol. The number of halogens is 1. The van der Waals surface area contributed by atoms with Gasteiger partial charge < -0.3 is 19.7 Å². The summed E-state index contributed by atoms with van der Waals surface area (Å²) in [7, 11) is 0. The molecule has 0 bridgehead atoms. The highest BCUT2D eigenvalue weighted by molar-refractivity contribution is 6.30. The Morgan fingerprint density at radius 3 is 2.90 bits per heavy atom. The Balaban J connectivity index is 1.59. The van der Waals surface area contributed by atoms with Crippen molar-refractivity contribution in [3.63, 3.8) is 0 Å². The number of rotatable bonds is 2. The number of carbonyl (C=O) groups excluding carboxylic acids is 1. The quantitative estimate of drug-likeness (QED) is 0.913. The molecule has 1 aromatic rings. The maximum Gasteiger partial charge on any atom is 0.321 e. The van der Waals surface area contributed by atoms with Crippen LogP contribution >= 0.6 is 11.6 Å². The summed E-state index contributed by atoms with van der Waals surface area (Å²) in [6.45, 7) is 2.72. The fourth-order valence-electron chi connectivity index (χ4n) is 2.83. The van der Waals surface area contributed by atoms with Gasteiger partial charge in [0, 0.05) is 29.7 Å². The van der Waals surface area contributed by atoms with Crippen LogP contribution in [0.3, 0.4) is 0 Å². The van der Waals surface area contributed by atoms with Crippen molar-refractivity contribution in [2.24, 2.45) is 5.92 Å². The van der Waals surface area contributed by atoms with Crippen LogP contribution in [0.25, 0.3) is 0 Å². The van der Waals surface area contributed by atoms with Gasteiger partial charge in [0.2, 0.25) is 0 Å². The second kappa shape index (κ2) is 6.64. The number of benzene rings is 1. The summed E-state index contributed by atoms with van der Waals surface area (Å²) in [6, 6.07) is 7.07. The van der Waals surface area contributed by atoms with Crippen molar-refractivity contribution in [3.8, 4) is 0 Å². The Bertz CT molecular complexity index is 505. The van der Waals surface area contributed by atoms with E-state index in [0.717, 1.165) is 19.4 Å². The molecule has 2 amide bonds. The molecule has 3 rings (SSSR count). The molecule has 5 nitrogen and oxygen atoms in total. The van der Waals surface area contributed by atoms with Crippen LogP contribution in [-0.2, 0) is 9.47 Å². The van der Waals surface area contributed by atoms with Gasteiger partial charge in [-0.1, -0.05) is 17.7 Å². The molecule has 2 heterocycles. The molecule has 114 valence electrons. The molecule has 2 saturated heterocycles. The molecular formula is C15H19ClN2O3. The first-order chi connectivity index (χ1) is 10.2. The predicted molar refractivity (Wildman–Crippen MR) is 80.5 cm³/mol. The molecule has 1 N–H and O–H groups in total. The Labute approximate surface area is 129 Å². The van der Waals surface area contributed by atoms with Crippen molar-refractivity contribution in [2.45, 2.75) is 19.1 Å². The zero-order valence-corrected chi connectivity index (χ0v) is 12.5. The minimum atomic E-state index is -0.160. The van der Waals surface area contributed by atoms with Crippen molar-refractivity contribution in [3.05, 3.63) is 29.3 Å². The highest BCUT2D eigenvalue weighted by Crippen LogP contribution is 2.25. The number of urea groups is 1. The Hall–Kier alpha value is -1.30. The highest BCUT2D eigenvalue weighted by atomic mass is 35.5. The van der Waals surface area contributed by atoms with E-state index < -0.39 is 0 Å². The molecule has 0 saturated carbocycles. The van der Waals surface area contributed by atoms with Crippen LogP contribution in [0.15, 0.2) is 24.3 Å². The first-order valence-electron chi connectivity index (χ1n) is 7.27. The van der Waals surface area contributed by atoms with Crippen LogP contribution in [0.1, 0.15) is 12.8 Å². The summed E-state index contributed by atoms with van der Waals surface area (Å²) in [6.07, 6.45) is 1.84. The third-order valence-corrected chi connectivity index (χ3v) is 4.09. The molecule has 2 aliphatic rings. The van der Waals surface area contributed by atoms with Crippen LogP contribution in [0.4, 0.5) is 10.5 Å². The van der Waals surface area contributed by atoms with Crippen molar-refractivity contribution >= 4 is 23.3 Å². The lowest BCUT2D eigenvalue weighted by molar-refractivity contribution is -0.0959. The number of amides is 2. The fraction of sp³-hybridized carbons (Fsp3) is 0.533. The predicted octanol–water partition coefficient (Wildman–Crippen LogP) is 2.96. The third kappa shape index (κ3) is 3.67. The summed E-state index contributed by atoms with van der Waals surface area (Å²) in [5.41, 5.74) is 0.711. The summed E-state index contributed by atoms with van der Waals surface area (Å²) >= 11 is 5.93. The normalized spacial score (nSPS) is 23.3. The van der Waals surface area contributed by atoms with E-state index in [1.54, 1.807) is 12.1 Å². The number of nitrogens with zero attached hydrogens (tertiary/aromatic N) is 1. The van der Waals surface area contributed by atoms with E-state index in [-0.39, 0.29) is 18.2 Å². The van der Waals surface area contributed by atoms with E-state index >= 15 is 0 Å². The van der Waals surface area contributed by atoms with E-state index in [1.165, 1.54) is 0 Å². The van der Waals surface area contributed by atoms with Crippen LogP contribution in [0.5, 0.6) is 0 Å². The van der Waals surface area contributed by atoms with E-state index in [1.807, 2.05) is 17.0 Å². The summed E-state index contributed by atoms with van der Waals surface area (Å²) < 4.78 is 11.1. The molecule has 1 unspecified atom stereocenters. The molecule has 2 aliphatic heterocycles. The van der Waals surface area contributed by atoms with Gasteiger partial charge in [0.05, 0.1) is 13.2 Å². The topological polar surface area (TPSA) is 50.8 Å². The zero-order valence-electron chi connectivity index (χ0n) is 11.8. The molecule has 0 aromatic heterocycles. The molecule has 0 radical (unpaired) electrons. The number of ether oxygens (including phenoxy) is 2. The molecule has 0 spiro atoms. The van der Waals surface area contributed by atoms with Crippen LogP contribution in [0, 0.1) is 5.92 Å². The first kappa shape index (κ1) is 14.6. The zero-order chi connectivity index (χ0) is 14.7. The Kier molecular flexibility index (Phi) is 4.63. The number of nitrogens with one attached hydrogen (secondary N) is 1. The highest BCUT2D eigenvalue weighted by Gasteiger charge is 2.32. The second-order valence-corrected chi connectivity index (χ2v) is 5.84. The lowest BCUT2D eigenvalue weighted by Crippen LogP contribution is -2.45. The van der Waals surface area contributed by atoms with Gasteiger partial charge in [-0.3, -0.25) is 0 Å². The molecule has 6 heteroatoms. The van der Waals surface area contributed by atoms with Crippen LogP contribution < -0.4 is 5.32 Å². The lowest BCUT2D eigenvalue weighted by atomic mass is 9.98. The fourth-order valence-corrected chi connectivity index (χ4v) is 3.02. The summed E-state index contributed by atoms with van der Waals surface area (Å²) in [4.78, 5) is 14.1. The van der Waals surface area contributed by atoms with E-state index in [4.69, 9.17) is 21.1 Å². The molecule has 1 atom stereocenters. The van der Waals surface area contributed by atoms with Crippen LogP contribution in [0.2, 0.25) is 5.02 Å². The molecule has 2 fully saturated rings. The van der Waals surface area contributed by atoms with Crippen molar-refractivity contribution in [2.75, 3.05) is 31.6 Å². The number of piperidine rings is 1. The van der Waals surface area contributed by atoms with Crippen molar-refractivity contribution < 1.29 is 14.3 Å². The molecular weight excluding hydrogens is 292 g/mol. The van der Waals surface area contributed by atoms with Gasteiger partial charge in [0.25, 0.3) is 0 Å². The van der Waals surface area contributed by atoms with Gasteiger partial charge in [-0.25, -0.2) is 4.79 Å². The van der Waals surface area contributed by atoms with Gasteiger partial charge >= 0.3 is 6.03 Å². The minimum Gasteiger partial charge on any atom is -0.350 e. The molecule has 1 aromatic carbocycles. The van der Waals surface area contributed by atoms with Gasteiger partial charge in [-0.05, 0) is 31.0 Å². The number of hydrogen-bond acceptors (Lipinski definition) is 3. The minimum absolute atomic E-state index is 0.0973. The smallest absolute Gasteiger partial charge is 0.321 e. The number of anilines is 1. The van der Waals surface area contributed by atoms with Gasteiger partial charge in [0.1, 0.15) is 0 Å². The second-order valence-electron chi connectivity index (χ2n) is 5.40. The maximum absolute atomic E-state index is 12.3. The number of hydrogen-bond donors (Lipinski definition) is 1. The van der Waals surface area contributed by atoms with Gasteiger partial charge in [0.15, 0.2) is 6.29 Å². The van der Waals surface area contributed by atoms with E-state index in [0.29, 0.717) is 30.5 Å². The molecule has 0 aliphatic carbocycles. The summed E-state index contributed by atoms with van der Waals surface area (Å²) in [5, 5.41) is 3.49. The summed E-state index contributed by atoms with van der Waals surface area (Å²) in [5.74, 6) is 0.256. The standard InChI is InChI=1S/C15H19ClN2O3/c16-12-4-1-5-13(9-12)17-15(19)18-6-2-3-11(10-18)14-20-7-8-21-14/h1,4-5,9,11,14H,2-3,6-8,10H2,(H,17,19). The number of carbonyl (C=O) groups is 1. The van der Waals surface area contributed by atoms with Gasteiger partial charge in [-0.15, -0.1) is 0 Å². The van der Waals surface area contributed by atoms with E-state index in [9.17, 15) is 4.79 Å². The number of likely N-dealkylation sites (tertiary alicyclic amines) is 1. The average Bonchev–Trinajstić information content (AvgIpc) is 3.02. The Morgan fingerprint density at radius 1 is 1.33 bits per heavy atom. The SMILES string of the molecule is O=C(Nc1cccc(Cl)c1)N1CCCC(C2OCCO2)C1. The van der Waals surface area contributed by atoms with Crippen molar-refractivity contribution in [1.82, 2.24) is 4.90 Å². The molecule has 21 heavy (non-hydrogen) atoms. The third-order valence-electron chi connectivity index (χ3n) is 3.85. The Morgan fingerprint density at radius 2 is 2.14 bits per heavy atom. The van der Waals surface area contributed by atoms with Crippen molar-refractivity contribution in [1.29, 1.82) is 0 Å².